The molecule has 2 heterocycles. The number of esters is 1. The van der Waals surface area contributed by atoms with Crippen LogP contribution in [-0.4, -0.2) is 47.7 Å². The topological polar surface area (TPSA) is 95.1 Å². The number of aromatic nitrogens is 3. The van der Waals surface area contributed by atoms with Crippen LogP contribution in [0.5, 0.6) is 0 Å². The first-order valence-electron chi connectivity index (χ1n) is 6.20. The fourth-order valence-corrected chi connectivity index (χ4v) is 2.35. The van der Waals surface area contributed by atoms with Crippen molar-refractivity contribution >= 4 is 5.97 Å². The summed E-state index contributed by atoms with van der Waals surface area (Å²) in [7, 11) is 1.36. The predicted molar refractivity (Wildman–Crippen MR) is 65.3 cm³/mol. The minimum Gasteiger partial charge on any atom is -0.464 e. The van der Waals surface area contributed by atoms with E-state index in [2.05, 4.69) is 15.6 Å². The highest BCUT2D eigenvalue weighted by Crippen LogP contribution is 2.27. The normalized spacial score (nSPS) is 16.8. The largest absolute Gasteiger partial charge is 0.464 e. The highest BCUT2D eigenvalue weighted by molar-refractivity contribution is 5.88. The van der Waals surface area contributed by atoms with E-state index < -0.39 is 5.97 Å². The minimum absolute atomic E-state index is 0.293. The number of methoxy groups -OCH3 is 1. The van der Waals surface area contributed by atoms with Crippen molar-refractivity contribution in [3.05, 3.63) is 11.4 Å². The summed E-state index contributed by atoms with van der Waals surface area (Å²) in [6.45, 7) is 2.93. The van der Waals surface area contributed by atoms with Gasteiger partial charge in [0, 0.05) is 12.5 Å². The first kappa shape index (κ1) is 13.0. The molecule has 1 saturated heterocycles. The molecule has 1 aliphatic rings. The Hall–Kier alpha value is -1.47. The average molecular weight is 253 g/mol. The summed E-state index contributed by atoms with van der Waals surface area (Å²) in [6, 6.07) is 0. The van der Waals surface area contributed by atoms with Gasteiger partial charge < -0.3 is 15.8 Å². The Morgan fingerprint density at radius 3 is 2.89 bits per heavy atom. The number of piperidine rings is 1. The molecule has 7 heteroatoms. The minimum atomic E-state index is -0.424. The van der Waals surface area contributed by atoms with Crippen LogP contribution >= 0.6 is 0 Å². The fourth-order valence-electron chi connectivity index (χ4n) is 2.35. The number of nitrogens with two attached hydrogens (primary N) is 1. The molecule has 1 aliphatic heterocycles. The molecule has 0 atom stereocenters. The zero-order valence-electron chi connectivity index (χ0n) is 10.6. The summed E-state index contributed by atoms with van der Waals surface area (Å²) in [5.74, 6) is -0.131. The SMILES string of the molecule is COC(=O)c1nnn(CCN)c1C1CCNCC1. The van der Waals surface area contributed by atoms with Crippen molar-refractivity contribution in [2.75, 3.05) is 26.7 Å². The maximum absolute atomic E-state index is 11.7. The van der Waals surface area contributed by atoms with Gasteiger partial charge in [-0.3, -0.25) is 0 Å². The second-order valence-electron chi connectivity index (χ2n) is 4.35. The molecule has 0 saturated carbocycles. The van der Waals surface area contributed by atoms with Gasteiger partial charge in [-0.2, -0.15) is 0 Å². The molecule has 18 heavy (non-hydrogen) atoms. The van der Waals surface area contributed by atoms with Crippen LogP contribution in [-0.2, 0) is 11.3 Å². The Kier molecular flexibility index (Phi) is 4.27. The summed E-state index contributed by atoms with van der Waals surface area (Å²) in [4.78, 5) is 11.7. The summed E-state index contributed by atoms with van der Waals surface area (Å²) in [5.41, 5.74) is 6.76. The van der Waals surface area contributed by atoms with Gasteiger partial charge in [0.1, 0.15) is 0 Å². The molecular formula is C11H19N5O2. The number of carbonyl (C=O) groups excluding carboxylic acids is 1. The molecule has 0 radical (unpaired) electrons. The third-order valence-corrected chi connectivity index (χ3v) is 3.22. The van der Waals surface area contributed by atoms with E-state index in [1.165, 1.54) is 7.11 Å². The van der Waals surface area contributed by atoms with Crippen LogP contribution in [0.1, 0.15) is 34.9 Å². The van der Waals surface area contributed by atoms with E-state index in [1.807, 2.05) is 0 Å². The Morgan fingerprint density at radius 2 is 2.28 bits per heavy atom. The maximum Gasteiger partial charge on any atom is 0.360 e. The van der Waals surface area contributed by atoms with Crippen molar-refractivity contribution < 1.29 is 9.53 Å². The summed E-state index contributed by atoms with van der Waals surface area (Å²) < 4.78 is 6.50. The van der Waals surface area contributed by atoms with Gasteiger partial charge in [-0.25, -0.2) is 9.48 Å². The van der Waals surface area contributed by atoms with Crippen LogP contribution in [0.25, 0.3) is 0 Å². The van der Waals surface area contributed by atoms with Crippen LogP contribution in [0, 0.1) is 0 Å². The lowest BCUT2D eigenvalue weighted by molar-refractivity contribution is 0.0591. The van der Waals surface area contributed by atoms with Crippen molar-refractivity contribution in [3.63, 3.8) is 0 Å². The van der Waals surface area contributed by atoms with Crippen LogP contribution < -0.4 is 11.1 Å². The molecular weight excluding hydrogens is 234 g/mol. The van der Waals surface area contributed by atoms with E-state index in [0.717, 1.165) is 31.6 Å². The zero-order valence-corrected chi connectivity index (χ0v) is 10.6. The van der Waals surface area contributed by atoms with Crippen molar-refractivity contribution in [2.45, 2.75) is 25.3 Å². The van der Waals surface area contributed by atoms with E-state index in [0.29, 0.717) is 24.7 Å². The first-order chi connectivity index (χ1) is 8.77. The third kappa shape index (κ3) is 2.51. The van der Waals surface area contributed by atoms with E-state index in [1.54, 1.807) is 4.68 Å². The standard InChI is InChI=1S/C11H19N5O2/c1-18-11(17)9-10(8-2-5-13-6-3-8)16(7-4-12)15-14-9/h8,13H,2-7,12H2,1H3. The highest BCUT2D eigenvalue weighted by atomic mass is 16.5. The Labute approximate surface area is 106 Å². The lowest BCUT2D eigenvalue weighted by Crippen LogP contribution is -2.29. The molecule has 100 valence electrons. The average Bonchev–Trinajstić information content (AvgIpc) is 2.83. The lowest BCUT2D eigenvalue weighted by atomic mass is 9.93. The van der Waals surface area contributed by atoms with E-state index >= 15 is 0 Å². The lowest BCUT2D eigenvalue weighted by Gasteiger charge is -2.23. The van der Waals surface area contributed by atoms with Crippen molar-refractivity contribution in [1.29, 1.82) is 0 Å². The van der Waals surface area contributed by atoms with Gasteiger partial charge in [0.25, 0.3) is 0 Å². The summed E-state index contributed by atoms with van der Waals surface area (Å²) >= 11 is 0. The number of ether oxygens (including phenoxy) is 1. The molecule has 3 N–H and O–H groups in total. The van der Waals surface area contributed by atoms with E-state index in [-0.39, 0.29) is 0 Å². The predicted octanol–water partition coefficient (Wildman–Crippen LogP) is -0.510. The van der Waals surface area contributed by atoms with Gasteiger partial charge in [0.2, 0.25) is 0 Å². The molecule has 1 aromatic heterocycles. The quantitative estimate of drug-likeness (QED) is 0.702. The van der Waals surface area contributed by atoms with E-state index in [4.69, 9.17) is 10.5 Å². The molecule has 0 bridgehead atoms. The van der Waals surface area contributed by atoms with Crippen molar-refractivity contribution in [2.24, 2.45) is 5.73 Å². The number of hydrogen-bond donors (Lipinski definition) is 2. The molecule has 0 aliphatic carbocycles. The van der Waals surface area contributed by atoms with Crippen molar-refractivity contribution in [3.8, 4) is 0 Å². The number of carbonyl (C=O) groups is 1. The number of hydrogen-bond acceptors (Lipinski definition) is 6. The van der Waals surface area contributed by atoms with Gasteiger partial charge in [0.05, 0.1) is 19.3 Å². The van der Waals surface area contributed by atoms with Gasteiger partial charge in [0.15, 0.2) is 5.69 Å². The number of rotatable bonds is 4. The monoisotopic (exact) mass is 253 g/mol. The Morgan fingerprint density at radius 1 is 1.56 bits per heavy atom. The van der Waals surface area contributed by atoms with Gasteiger partial charge in [-0.1, -0.05) is 5.21 Å². The third-order valence-electron chi connectivity index (χ3n) is 3.22. The molecule has 1 fully saturated rings. The van der Waals surface area contributed by atoms with E-state index in [9.17, 15) is 4.79 Å². The van der Waals surface area contributed by atoms with Gasteiger partial charge in [-0.15, -0.1) is 5.10 Å². The molecule has 0 spiro atoms. The fraction of sp³-hybridized carbons (Fsp3) is 0.727. The molecule has 0 amide bonds. The van der Waals surface area contributed by atoms with Crippen LogP contribution in [0.3, 0.4) is 0 Å². The van der Waals surface area contributed by atoms with Crippen molar-refractivity contribution in [1.82, 2.24) is 20.3 Å². The Bertz CT molecular complexity index is 412. The highest BCUT2D eigenvalue weighted by Gasteiger charge is 2.28. The molecule has 1 aromatic rings. The molecule has 2 rings (SSSR count). The second-order valence-corrected chi connectivity index (χ2v) is 4.35. The Balaban J connectivity index is 2.32. The number of nitrogens with one attached hydrogen (secondary N) is 1. The zero-order chi connectivity index (χ0) is 13.0. The molecule has 0 aromatic carbocycles. The molecule has 0 unspecified atom stereocenters. The second kappa shape index (κ2) is 5.92. The van der Waals surface area contributed by atoms with Gasteiger partial charge >= 0.3 is 5.97 Å². The molecule has 7 nitrogen and oxygen atoms in total. The van der Waals surface area contributed by atoms with Crippen LogP contribution in [0.4, 0.5) is 0 Å². The summed E-state index contributed by atoms with van der Waals surface area (Å²) in [5, 5.41) is 11.3. The number of nitrogens with zero attached hydrogens (tertiary/aromatic N) is 3. The van der Waals surface area contributed by atoms with Gasteiger partial charge in [-0.05, 0) is 25.9 Å². The van der Waals surface area contributed by atoms with Crippen LogP contribution in [0.15, 0.2) is 0 Å². The first-order valence-corrected chi connectivity index (χ1v) is 6.20. The smallest absolute Gasteiger partial charge is 0.360 e. The van der Waals surface area contributed by atoms with Crippen LogP contribution in [0.2, 0.25) is 0 Å². The summed E-state index contributed by atoms with van der Waals surface area (Å²) in [6.07, 6.45) is 1.95. The maximum atomic E-state index is 11.7.